The van der Waals surface area contributed by atoms with Gasteiger partial charge in [0.05, 0.1) is 6.21 Å². The molecule has 0 bridgehead atoms. The zero-order valence-corrected chi connectivity index (χ0v) is 12.2. The Morgan fingerprint density at radius 3 is 3.17 bits per heavy atom. The Hall–Kier alpha value is -1.40. The summed E-state index contributed by atoms with van der Waals surface area (Å²) in [5.74, 6) is 0. The average Bonchev–Trinajstić information content (AvgIpc) is 2.72. The van der Waals surface area contributed by atoms with Crippen molar-refractivity contribution < 1.29 is 0 Å². The van der Waals surface area contributed by atoms with E-state index < -0.39 is 0 Å². The van der Waals surface area contributed by atoms with Gasteiger partial charge < -0.3 is 10.3 Å². The Balaban J connectivity index is 2.14. The summed E-state index contributed by atoms with van der Waals surface area (Å²) in [4.78, 5) is 3.19. The lowest BCUT2D eigenvalue weighted by atomic mass is 10.2. The Kier molecular flexibility index (Phi) is 4.33. The van der Waals surface area contributed by atoms with Crippen molar-refractivity contribution in [2.75, 3.05) is 6.54 Å². The summed E-state index contributed by atoms with van der Waals surface area (Å²) in [7, 11) is 0. The molecule has 1 aromatic carbocycles. The highest BCUT2D eigenvalue weighted by Crippen LogP contribution is 2.21. The van der Waals surface area contributed by atoms with Crippen LogP contribution in [0.4, 0.5) is 0 Å². The van der Waals surface area contributed by atoms with Crippen LogP contribution in [0, 0.1) is 0 Å². The molecular weight excluding hydrogens is 312 g/mol. The van der Waals surface area contributed by atoms with Gasteiger partial charge in [-0.15, -0.1) is 0 Å². The van der Waals surface area contributed by atoms with Crippen LogP contribution in [0.1, 0.15) is 12.5 Å². The number of halogens is 1. The number of benzene rings is 1. The maximum atomic E-state index is 5.01. The molecule has 0 atom stereocenters. The minimum atomic E-state index is 0.523. The SMILES string of the molecule is CCNC(=S)N/N=C/c1c[nH]c2ccc(Br)cc12. The van der Waals surface area contributed by atoms with E-state index in [1.54, 1.807) is 6.21 Å². The van der Waals surface area contributed by atoms with Crippen LogP contribution in [0.25, 0.3) is 10.9 Å². The van der Waals surface area contributed by atoms with E-state index in [0.717, 1.165) is 27.5 Å². The number of aromatic amines is 1. The van der Waals surface area contributed by atoms with Crippen LogP contribution < -0.4 is 10.7 Å². The van der Waals surface area contributed by atoms with E-state index in [0.29, 0.717) is 5.11 Å². The lowest BCUT2D eigenvalue weighted by Crippen LogP contribution is -2.31. The molecule has 0 radical (unpaired) electrons. The Morgan fingerprint density at radius 2 is 2.39 bits per heavy atom. The summed E-state index contributed by atoms with van der Waals surface area (Å²) in [6.07, 6.45) is 3.66. The Bertz CT molecular complexity index is 591. The third kappa shape index (κ3) is 3.08. The van der Waals surface area contributed by atoms with Gasteiger partial charge in [-0.2, -0.15) is 5.10 Å². The molecule has 0 saturated heterocycles. The van der Waals surface area contributed by atoms with Gasteiger partial charge in [-0.25, -0.2) is 0 Å². The fraction of sp³-hybridized carbons (Fsp3) is 0.167. The van der Waals surface area contributed by atoms with Crippen LogP contribution in [0.5, 0.6) is 0 Å². The van der Waals surface area contributed by atoms with E-state index in [2.05, 4.69) is 42.8 Å². The molecule has 18 heavy (non-hydrogen) atoms. The largest absolute Gasteiger partial charge is 0.362 e. The van der Waals surface area contributed by atoms with Crippen LogP contribution >= 0.6 is 28.1 Å². The summed E-state index contributed by atoms with van der Waals surface area (Å²) in [5, 5.41) is 8.70. The first-order valence-corrected chi connectivity index (χ1v) is 6.74. The number of thiocarbonyl (C=S) groups is 1. The zero-order chi connectivity index (χ0) is 13.0. The zero-order valence-electron chi connectivity index (χ0n) is 9.83. The molecule has 0 amide bonds. The standard InChI is InChI=1S/C12H13BrN4S/c1-2-14-12(18)17-16-7-8-6-15-11-4-3-9(13)5-10(8)11/h3-7,15H,2H2,1H3,(H2,14,17,18)/b16-7+. The smallest absolute Gasteiger partial charge is 0.186 e. The molecule has 2 rings (SSSR count). The average molecular weight is 325 g/mol. The van der Waals surface area contributed by atoms with Crippen molar-refractivity contribution in [2.24, 2.45) is 5.10 Å². The van der Waals surface area contributed by atoms with E-state index in [9.17, 15) is 0 Å². The van der Waals surface area contributed by atoms with Crippen molar-refractivity contribution in [1.82, 2.24) is 15.7 Å². The van der Waals surface area contributed by atoms with E-state index in [1.807, 2.05) is 25.3 Å². The molecule has 94 valence electrons. The molecule has 0 fully saturated rings. The highest BCUT2D eigenvalue weighted by Gasteiger charge is 2.01. The highest BCUT2D eigenvalue weighted by atomic mass is 79.9. The second-order valence-electron chi connectivity index (χ2n) is 3.66. The summed E-state index contributed by atoms with van der Waals surface area (Å²) >= 11 is 8.47. The van der Waals surface area contributed by atoms with Gasteiger partial charge in [0.1, 0.15) is 0 Å². The van der Waals surface area contributed by atoms with Gasteiger partial charge in [0.2, 0.25) is 0 Å². The van der Waals surface area contributed by atoms with Crippen molar-refractivity contribution in [2.45, 2.75) is 6.92 Å². The molecular formula is C12H13BrN4S. The number of H-pyrrole nitrogens is 1. The summed E-state index contributed by atoms with van der Waals surface area (Å²) in [5.41, 5.74) is 4.86. The lowest BCUT2D eigenvalue weighted by Gasteiger charge is -2.02. The van der Waals surface area contributed by atoms with E-state index in [1.165, 1.54) is 0 Å². The summed E-state index contributed by atoms with van der Waals surface area (Å²) < 4.78 is 1.04. The molecule has 0 unspecified atom stereocenters. The predicted octanol–water partition coefficient (Wildman–Crippen LogP) is 2.75. The molecule has 1 aromatic heterocycles. The molecule has 3 N–H and O–H groups in total. The van der Waals surface area contributed by atoms with Crippen LogP contribution in [0.3, 0.4) is 0 Å². The quantitative estimate of drug-likeness (QED) is 0.462. The van der Waals surface area contributed by atoms with Crippen LogP contribution in [-0.4, -0.2) is 22.9 Å². The maximum absolute atomic E-state index is 5.01. The molecule has 1 heterocycles. The number of hydrazone groups is 1. The van der Waals surface area contributed by atoms with E-state index in [4.69, 9.17) is 12.2 Å². The highest BCUT2D eigenvalue weighted by molar-refractivity contribution is 9.10. The summed E-state index contributed by atoms with van der Waals surface area (Å²) in [6.45, 7) is 2.76. The number of aromatic nitrogens is 1. The van der Waals surface area contributed by atoms with Crippen LogP contribution in [-0.2, 0) is 0 Å². The first-order chi connectivity index (χ1) is 8.70. The van der Waals surface area contributed by atoms with Crippen molar-refractivity contribution in [1.29, 1.82) is 0 Å². The Morgan fingerprint density at radius 1 is 1.56 bits per heavy atom. The number of rotatable bonds is 3. The van der Waals surface area contributed by atoms with Crippen LogP contribution in [0.15, 0.2) is 34.0 Å². The van der Waals surface area contributed by atoms with Gasteiger partial charge in [-0.1, -0.05) is 15.9 Å². The maximum Gasteiger partial charge on any atom is 0.186 e. The topological polar surface area (TPSA) is 52.2 Å². The van der Waals surface area contributed by atoms with Gasteiger partial charge in [0.15, 0.2) is 5.11 Å². The fourth-order valence-corrected chi connectivity index (χ4v) is 2.14. The van der Waals surface area contributed by atoms with Gasteiger partial charge >= 0.3 is 0 Å². The molecule has 0 aliphatic carbocycles. The fourth-order valence-electron chi connectivity index (χ4n) is 1.58. The molecule has 6 heteroatoms. The van der Waals surface area contributed by atoms with Crippen molar-refractivity contribution in [3.05, 3.63) is 34.4 Å². The van der Waals surface area contributed by atoms with E-state index in [-0.39, 0.29) is 0 Å². The van der Waals surface area contributed by atoms with Crippen molar-refractivity contribution in [3.63, 3.8) is 0 Å². The molecule has 2 aromatic rings. The first kappa shape index (κ1) is 13.0. The van der Waals surface area contributed by atoms with Crippen LogP contribution in [0.2, 0.25) is 0 Å². The number of hydrogen-bond acceptors (Lipinski definition) is 2. The number of hydrogen-bond donors (Lipinski definition) is 3. The third-order valence-corrected chi connectivity index (χ3v) is 3.11. The lowest BCUT2D eigenvalue weighted by molar-refractivity contribution is 0.904. The molecule has 0 aliphatic heterocycles. The van der Waals surface area contributed by atoms with Gasteiger partial charge in [0, 0.05) is 33.7 Å². The second-order valence-corrected chi connectivity index (χ2v) is 4.99. The van der Waals surface area contributed by atoms with E-state index >= 15 is 0 Å². The monoisotopic (exact) mass is 324 g/mol. The predicted molar refractivity (Wildman–Crippen MR) is 83.0 cm³/mol. The number of nitrogens with zero attached hydrogens (tertiary/aromatic N) is 1. The minimum absolute atomic E-state index is 0.523. The first-order valence-electron chi connectivity index (χ1n) is 5.54. The third-order valence-electron chi connectivity index (χ3n) is 2.38. The van der Waals surface area contributed by atoms with Gasteiger partial charge in [-0.3, -0.25) is 5.43 Å². The molecule has 0 saturated carbocycles. The summed E-state index contributed by atoms with van der Waals surface area (Å²) in [6, 6.07) is 6.07. The normalized spacial score (nSPS) is 11.0. The number of nitrogens with one attached hydrogen (secondary N) is 3. The van der Waals surface area contributed by atoms with Gasteiger partial charge in [0.25, 0.3) is 0 Å². The molecule has 0 aliphatic rings. The van der Waals surface area contributed by atoms with Crippen molar-refractivity contribution in [3.8, 4) is 0 Å². The van der Waals surface area contributed by atoms with Gasteiger partial charge in [-0.05, 0) is 37.3 Å². The minimum Gasteiger partial charge on any atom is -0.362 e. The van der Waals surface area contributed by atoms with Crippen molar-refractivity contribution >= 4 is 50.4 Å². The Labute approximate surface area is 119 Å². The number of fused-ring (bicyclic) bond motifs is 1. The molecule has 4 nitrogen and oxygen atoms in total. The molecule has 0 spiro atoms. The second kappa shape index (κ2) is 5.97.